The van der Waals surface area contributed by atoms with Crippen LogP contribution in [0.2, 0.25) is 0 Å². The van der Waals surface area contributed by atoms with Crippen LogP contribution in [0, 0.1) is 0 Å². The molecule has 0 saturated carbocycles. The van der Waals surface area contributed by atoms with Gasteiger partial charge in [-0.2, -0.15) is 0 Å². The highest BCUT2D eigenvalue weighted by molar-refractivity contribution is 5.41. The molecule has 0 bridgehead atoms. The van der Waals surface area contributed by atoms with Gasteiger partial charge in [-0.05, 0) is 48.8 Å². The molecular formula is C26H33N2+. The standard InChI is InChI=1S/C26H33N2/c1-4-22-9-11-23(12-10-22)7-5-6-8-24-13-15-25(16-14-24)21-28-19-17-26(18-20-28)27(2)3/h9-20H,4-8,21H2,1-3H3/q+1. The topological polar surface area (TPSA) is 7.12 Å². The Bertz CT molecular complexity index is 831. The minimum Gasteiger partial charge on any atom is -0.377 e. The van der Waals surface area contributed by atoms with E-state index in [1.807, 2.05) is 0 Å². The molecule has 1 aromatic heterocycles. The Morgan fingerprint density at radius 2 is 1.11 bits per heavy atom. The molecule has 2 nitrogen and oxygen atoms in total. The van der Waals surface area contributed by atoms with Crippen molar-refractivity contribution in [3.63, 3.8) is 0 Å². The van der Waals surface area contributed by atoms with Gasteiger partial charge in [0.05, 0.1) is 0 Å². The number of aryl methyl sites for hydroxylation is 3. The van der Waals surface area contributed by atoms with Crippen LogP contribution in [0.1, 0.15) is 42.0 Å². The lowest BCUT2D eigenvalue weighted by atomic mass is 10.0. The van der Waals surface area contributed by atoms with Gasteiger partial charge in [-0.25, -0.2) is 4.57 Å². The van der Waals surface area contributed by atoms with E-state index < -0.39 is 0 Å². The van der Waals surface area contributed by atoms with Crippen LogP contribution >= 0.6 is 0 Å². The molecule has 1 heterocycles. The van der Waals surface area contributed by atoms with E-state index in [1.165, 1.54) is 47.2 Å². The summed E-state index contributed by atoms with van der Waals surface area (Å²) in [5.74, 6) is 0. The van der Waals surface area contributed by atoms with Crippen molar-refractivity contribution in [3.8, 4) is 0 Å². The second-order valence-corrected chi connectivity index (χ2v) is 7.82. The zero-order chi connectivity index (χ0) is 19.8. The summed E-state index contributed by atoms with van der Waals surface area (Å²) >= 11 is 0. The van der Waals surface area contributed by atoms with Gasteiger partial charge in [0.25, 0.3) is 0 Å². The van der Waals surface area contributed by atoms with Crippen LogP contribution in [0.3, 0.4) is 0 Å². The van der Waals surface area contributed by atoms with Crippen LogP contribution in [0.15, 0.2) is 73.1 Å². The summed E-state index contributed by atoms with van der Waals surface area (Å²) in [5, 5.41) is 0. The molecule has 3 rings (SSSR count). The van der Waals surface area contributed by atoms with Gasteiger partial charge in [-0.3, -0.25) is 0 Å². The van der Waals surface area contributed by atoms with Gasteiger partial charge in [0.2, 0.25) is 0 Å². The van der Waals surface area contributed by atoms with E-state index in [4.69, 9.17) is 0 Å². The maximum Gasteiger partial charge on any atom is 0.173 e. The van der Waals surface area contributed by atoms with Gasteiger partial charge >= 0.3 is 0 Å². The number of anilines is 1. The normalized spacial score (nSPS) is 10.8. The SMILES string of the molecule is CCc1ccc(CCCCc2ccc(C[n+]3ccc(N(C)C)cc3)cc2)cc1. The molecular weight excluding hydrogens is 340 g/mol. The van der Waals surface area contributed by atoms with Crippen molar-refractivity contribution in [3.05, 3.63) is 95.3 Å². The third kappa shape index (κ3) is 5.95. The molecule has 0 fully saturated rings. The number of rotatable bonds is 9. The molecule has 3 aromatic rings. The summed E-state index contributed by atoms with van der Waals surface area (Å²) in [6.45, 7) is 3.13. The first kappa shape index (κ1) is 20.1. The number of hydrogen-bond donors (Lipinski definition) is 0. The van der Waals surface area contributed by atoms with Crippen molar-refractivity contribution < 1.29 is 4.57 Å². The van der Waals surface area contributed by atoms with Crippen LogP contribution in [-0.2, 0) is 25.8 Å². The molecule has 2 aromatic carbocycles. The van der Waals surface area contributed by atoms with E-state index >= 15 is 0 Å². The van der Waals surface area contributed by atoms with Crippen molar-refractivity contribution in [2.45, 2.75) is 45.6 Å². The maximum absolute atomic E-state index is 2.29. The number of unbranched alkanes of at least 4 members (excludes halogenated alkanes) is 1. The maximum atomic E-state index is 2.29. The van der Waals surface area contributed by atoms with Crippen LogP contribution in [0.25, 0.3) is 0 Å². The molecule has 0 saturated heterocycles. The number of hydrogen-bond acceptors (Lipinski definition) is 1. The number of benzene rings is 2. The third-order valence-electron chi connectivity index (χ3n) is 5.39. The van der Waals surface area contributed by atoms with Crippen molar-refractivity contribution >= 4 is 5.69 Å². The average molecular weight is 374 g/mol. The minimum absolute atomic E-state index is 0.918. The Kier molecular flexibility index (Phi) is 7.25. The highest BCUT2D eigenvalue weighted by atomic mass is 15.1. The molecule has 28 heavy (non-hydrogen) atoms. The van der Waals surface area contributed by atoms with Gasteiger partial charge in [-0.15, -0.1) is 0 Å². The van der Waals surface area contributed by atoms with Crippen molar-refractivity contribution in [1.82, 2.24) is 0 Å². The molecule has 0 radical (unpaired) electrons. The monoisotopic (exact) mass is 373 g/mol. The fourth-order valence-electron chi connectivity index (χ4n) is 3.48. The second-order valence-electron chi connectivity index (χ2n) is 7.82. The van der Waals surface area contributed by atoms with E-state index in [1.54, 1.807) is 0 Å². The van der Waals surface area contributed by atoms with Gasteiger partial charge in [0, 0.05) is 37.5 Å². The van der Waals surface area contributed by atoms with Crippen LogP contribution in [-0.4, -0.2) is 14.1 Å². The lowest BCUT2D eigenvalue weighted by Crippen LogP contribution is -2.33. The van der Waals surface area contributed by atoms with Gasteiger partial charge in [0.1, 0.15) is 0 Å². The number of nitrogens with zero attached hydrogens (tertiary/aromatic N) is 2. The largest absolute Gasteiger partial charge is 0.377 e. The fourth-order valence-corrected chi connectivity index (χ4v) is 3.48. The summed E-state index contributed by atoms with van der Waals surface area (Å²) in [4.78, 5) is 2.12. The van der Waals surface area contributed by atoms with E-state index in [-0.39, 0.29) is 0 Å². The first-order valence-electron chi connectivity index (χ1n) is 10.5. The van der Waals surface area contributed by atoms with Crippen LogP contribution in [0.4, 0.5) is 5.69 Å². The molecule has 0 aliphatic rings. The van der Waals surface area contributed by atoms with E-state index in [2.05, 4.69) is 104 Å². The van der Waals surface area contributed by atoms with Gasteiger partial charge in [0.15, 0.2) is 18.9 Å². The zero-order valence-electron chi connectivity index (χ0n) is 17.6. The Hall–Kier alpha value is -2.61. The smallest absolute Gasteiger partial charge is 0.173 e. The molecule has 0 aliphatic heterocycles. The van der Waals surface area contributed by atoms with Gasteiger partial charge < -0.3 is 4.90 Å². The van der Waals surface area contributed by atoms with E-state index in [0.717, 1.165) is 19.4 Å². The number of aromatic nitrogens is 1. The van der Waals surface area contributed by atoms with Gasteiger partial charge in [-0.1, -0.05) is 55.5 Å². The highest BCUT2D eigenvalue weighted by Gasteiger charge is 2.04. The minimum atomic E-state index is 0.918. The molecule has 0 aliphatic carbocycles. The van der Waals surface area contributed by atoms with Crippen molar-refractivity contribution in [1.29, 1.82) is 0 Å². The van der Waals surface area contributed by atoms with E-state index in [9.17, 15) is 0 Å². The quantitative estimate of drug-likeness (QED) is 0.369. The Balaban J connectivity index is 1.43. The summed E-state index contributed by atoms with van der Waals surface area (Å²) in [7, 11) is 4.14. The Morgan fingerprint density at radius 3 is 1.57 bits per heavy atom. The Labute approximate surface area is 170 Å². The predicted molar refractivity (Wildman–Crippen MR) is 119 cm³/mol. The summed E-state index contributed by atoms with van der Waals surface area (Å²) in [6.07, 6.45) is 10.3. The number of pyridine rings is 1. The molecule has 146 valence electrons. The third-order valence-corrected chi connectivity index (χ3v) is 5.39. The molecule has 0 amide bonds. The molecule has 2 heteroatoms. The molecule has 0 atom stereocenters. The fraction of sp³-hybridized carbons (Fsp3) is 0.346. The molecule has 0 spiro atoms. The summed E-state index contributed by atoms with van der Waals surface area (Å²) in [6, 6.07) is 22.5. The first-order chi connectivity index (χ1) is 13.6. The average Bonchev–Trinajstić information content (AvgIpc) is 2.73. The van der Waals surface area contributed by atoms with Crippen molar-refractivity contribution in [2.75, 3.05) is 19.0 Å². The summed E-state index contributed by atoms with van der Waals surface area (Å²) in [5.41, 5.74) is 6.91. The molecule has 0 unspecified atom stereocenters. The molecule has 0 N–H and O–H groups in total. The van der Waals surface area contributed by atoms with E-state index in [0.29, 0.717) is 0 Å². The van der Waals surface area contributed by atoms with Crippen molar-refractivity contribution in [2.24, 2.45) is 0 Å². The first-order valence-corrected chi connectivity index (χ1v) is 10.5. The lowest BCUT2D eigenvalue weighted by Gasteiger charge is -2.10. The second kappa shape index (κ2) is 10.1. The Morgan fingerprint density at radius 1 is 0.643 bits per heavy atom. The highest BCUT2D eigenvalue weighted by Crippen LogP contribution is 2.12. The zero-order valence-corrected chi connectivity index (χ0v) is 17.6. The summed E-state index contributed by atoms with van der Waals surface area (Å²) < 4.78 is 2.23. The lowest BCUT2D eigenvalue weighted by molar-refractivity contribution is -0.688. The van der Waals surface area contributed by atoms with Crippen LogP contribution < -0.4 is 9.47 Å². The predicted octanol–water partition coefficient (Wildman–Crippen LogP) is 5.22. The van der Waals surface area contributed by atoms with Crippen LogP contribution in [0.5, 0.6) is 0 Å².